The first-order valence-electron chi connectivity index (χ1n) is 7.78. The summed E-state index contributed by atoms with van der Waals surface area (Å²) in [6.45, 7) is 2.33. The van der Waals surface area contributed by atoms with Gasteiger partial charge in [0.25, 0.3) is 0 Å². The standard InChI is InChI=1S/C19H20BrNO4/c1-13-15(19(23)25-14-7-5-4-6-8-14)9-10-16(20)18(13)21(2)12-11-17(22)24-3/h4-10H,11-12H2,1-3H3. The smallest absolute Gasteiger partial charge is 0.343 e. The Balaban J connectivity index is 2.23. The van der Waals surface area contributed by atoms with E-state index in [0.29, 0.717) is 17.9 Å². The third-order valence-corrected chi connectivity index (χ3v) is 4.46. The molecule has 0 heterocycles. The van der Waals surface area contributed by atoms with Gasteiger partial charge in [0.05, 0.1) is 24.8 Å². The molecule has 0 atom stereocenters. The second-order valence-electron chi connectivity index (χ2n) is 5.52. The topological polar surface area (TPSA) is 55.8 Å². The van der Waals surface area contributed by atoms with Gasteiger partial charge in [-0.2, -0.15) is 0 Å². The molecule has 2 aromatic rings. The fraction of sp³-hybridized carbons (Fsp3) is 0.263. The second-order valence-corrected chi connectivity index (χ2v) is 6.37. The molecular formula is C19H20BrNO4. The van der Waals surface area contributed by atoms with Crippen molar-refractivity contribution >= 4 is 33.6 Å². The molecule has 0 spiro atoms. The Morgan fingerprint density at radius 2 is 1.80 bits per heavy atom. The van der Waals surface area contributed by atoms with Crippen molar-refractivity contribution in [3.8, 4) is 5.75 Å². The molecule has 2 aromatic carbocycles. The SMILES string of the molecule is COC(=O)CCN(C)c1c(Br)ccc(C(=O)Oc2ccccc2)c1C. The lowest BCUT2D eigenvalue weighted by Gasteiger charge is -2.23. The number of hydrogen-bond donors (Lipinski definition) is 0. The summed E-state index contributed by atoms with van der Waals surface area (Å²) in [6.07, 6.45) is 0.261. The van der Waals surface area contributed by atoms with Gasteiger partial charge >= 0.3 is 11.9 Å². The number of methoxy groups -OCH3 is 1. The van der Waals surface area contributed by atoms with Crippen LogP contribution in [0.1, 0.15) is 22.3 Å². The number of nitrogens with zero attached hydrogens (tertiary/aromatic N) is 1. The van der Waals surface area contributed by atoms with Crippen molar-refractivity contribution < 1.29 is 19.1 Å². The molecule has 6 heteroatoms. The molecule has 0 bridgehead atoms. The van der Waals surface area contributed by atoms with Crippen molar-refractivity contribution in [1.82, 2.24) is 0 Å². The summed E-state index contributed by atoms with van der Waals surface area (Å²) in [6, 6.07) is 12.5. The number of carbonyl (C=O) groups is 2. The summed E-state index contributed by atoms with van der Waals surface area (Å²) in [5.74, 6) is -0.200. The largest absolute Gasteiger partial charge is 0.469 e. The number of para-hydroxylation sites is 1. The van der Waals surface area contributed by atoms with Crippen LogP contribution in [0.15, 0.2) is 46.9 Å². The van der Waals surface area contributed by atoms with Gasteiger partial charge in [0.15, 0.2) is 0 Å². The minimum atomic E-state index is -0.418. The monoisotopic (exact) mass is 405 g/mol. The highest BCUT2D eigenvalue weighted by atomic mass is 79.9. The fourth-order valence-electron chi connectivity index (χ4n) is 2.48. The summed E-state index contributed by atoms with van der Waals surface area (Å²) in [7, 11) is 3.23. The average molecular weight is 406 g/mol. The Morgan fingerprint density at radius 3 is 2.44 bits per heavy atom. The highest BCUT2D eigenvalue weighted by Crippen LogP contribution is 2.32. The Kier molecular flexibility index (Phi) is 6.58. The van der Waals surface area contributed by atoms with Crippen LogP contribution >= 0.6 is 15.9 Å². The van der Waals surface area contributed by atoms with Crippen molar-refractivity contribution in [1.29, 1.82) is 0 Å². The van der Waals surface area contributed by atoms with Crippen LogP contribution in [0.4, 0.5) is 5.69 Å². The third-order valence-electron chi connectivity index (χ3n) is 3.82. The van der Waals surface area contributed by atoms with Crippen molar-refractivity contribution in [2.75, 3.05) is 25.6 Å². The van der Waals surface area contributed by atoms with Gasteiger partial charge in [-0.25, -0.2) is 4.79 Å². The molecule has 2 rings (SSSR count). The zero-order valence-corrected chi connectivity index (χ0v) is 16.0. The molecule has 0 fully saturated rings. The van der Waals surface area contributed by atoms with Crippen molar-refractivity contribution in [2.24, 2.45) is 0 Å². The molecule has 0 radical (unpaired) electrons. The summed E-state index contributed by atoms with van der Waals surface area (Å²) in [5.41, 5.74) is 2.10. The normalized spacial score (nSPS) is 10.2. The number of anilines is 1. The second kappa shape index (κ2) is 8.67. The van der Waals surface area contributed by atoms with Gasteiger partial charge in [-0.05, 0) is 52.7 Å². The number of ether oxygens (including phenoxy) is 2. The fourth-order valence-corrected chi connectivity index (χ4v) is 3.21. The highest BCUT2D eigenvalue weighted by molar-refractivity contribution is 9.10. The van der Waals surface area contributed by atoms with Gasteiger partial charge in [0.2, 0.25) is 0 Å². The third kappa shape index (κ3) is 4.82. The molecule has 0 saturated carbocycles. The van der Waals surface area contributed by atoms with Gasteiger partial charge in [0, 0.05) is 18.1 Å². The molecule has 0 amide bonds. The quantitative estimate of drug-likeness (QED) is 0.537. The lowest BCUT2D eigenvalue weighted by atomic mass is 10.1. The molecule has 132 valence electrons. The summed E-state index contributed by atoms with van der Waals surface area (Å²) in [4.78, 5) is 25.8. The average Bonchev–Trinajstić information content (AvgIpc) is 2.60. The maximum absolute atomic E-state index is 12.5. The predicted molar refractivity (Wildman–Crippen MR) is 100 cm³/mol. The van der Waals surface area contributed by atoms with Crippen molar-refractivity contribution in [3.05, 3.63) is 58.1 Å². The predicted octanol–water partition coefficient (Wildman–Crippen LogP) is 3.98. The van der Waals surface area contributed by atoms with Gasteiger partial charge in [0.1, 0.15) is 5.75 Å². The minimum absolute atomic E-state index is 0.261. The molecule has 0 aliphatic carbocycles. The van der Waals surface area contributed by atoms with Gasteiger partial charge in [-0.3, -0.25) is 4.79 Å². The number of carbonyl (C=O) groups excluding carboxylic acids is 2. The van der Waals surface area contributed by atoms with E-state index >= 15 is 0 Å². The Morgan fingerprint density at radius 1 is 1.12 bits per heavy atom. The molecule has 5 nitrogen and oxygen atoms in total. The van der Waals surface area contributed by atoms with Crippen LogP contribution in [0.5, 0.6) is 5.75 Å². The number of rotatable bonds is 6. The summed E-state index contributed by atoms with van der Waals surface area (Å²) in [5, 5.41) is 0. The van der Waals surface area contributed by atoms with E-state index in [-0.39, 0.29) is 12.4 Å². The maximum Gasteiger partial charge on any atom is 0.343 e. The molecule has 0 aliphatic rings. The Hall–Kier alpha value is -2.34. The lowest BCUT2D eigenvalue weighted by Crippen LogP contribution is -2.24. The zero-order chi connectivity index (χ0) is 18.4. The van der Waals surface area contributed by atoms with E-state index < -0.39 is 5.97 Å². The molecule has 25 heavy (non-hydrogen) atoms. The first-order chi connectivity index (χ1) is 11.9. The maximum atomic E-state index is 12.5. The first-order valence-corrected chi connectivity index (χ1v) is 8.57. The molecule has 0 saturated heterocycles. The van der Waals surface area contributed by atoms with E-state index in [1.807, 2.05) is 37.1 Å². The molecular weight excluding hydrogens is 386 g/mol. The number of hydrogen-bond acceptors (Lipinski definition) is 5. The number of benzene rings is 2. The first kappa shape index (κ1) is 19.0. The number of esters is 2. The van der Waals surface area contributed by atoms with Crippen molar-refractivity contribution in [2.45, 2.75) is 13.3 Å². The van der Waals surface area contributed by atoms with Crippen LogP contribution in [0.25, 0.3) is 0 Å². The Bertz CT molecular complexity index is 762. The molecule has 0 aromatic heterocycles. The molecule has 0 N–H and O–H groups in total. The van der Waals surface area contributed by atoms with E-state index in [1.54, 1.807) is 24.3 Å². The lowest BCUT2D eigenvalue weighted by molar-refractivity contribution is -0.140. The van der Waals surface area contributed by atoms with E-state index in [0.717, 1.165) is 15.7 Å². The van der Waals surface area contributed by atoms with E-state index in [9.17, 15) is 9.59 Å². The van der Waals surface area contributed by atoms with E-state index in [2.05, 4.69) is 20.7 Å². The highest BCUT2D eigenvalue weighted by Gasteiger charge is 2.19. The van der Waals surface area contributed by atoms with Crippen LogP contribution in [0.2, 0.25) is 0 Å². The number of halogens is 1. The van der Waals surface area contributed by atoms with Crippen LogP contribution < -0.4 is 9.64 Å². The van der Waals surface area contributed by atoms with Crippen molar-refractivity contribution in [3.63, 3.8) is 0 Å². The van der Waals surface area contributed by atoms with E-state index in [1.165, 1.54) is 7.11 Å². The van der Waals surface area contributed by atoms with Crippen LogP contribution in [-0.2, 0) is 9.53 Å². The van der Waals surface area contributed by atoms with Gasteiger partial charge < -0.3 is 14.4 Å². The van der Waals surface area contributed by atoms with Gasteiger partial charge in [-0.1, -0.05) is 18.2 Å². The summed E-state index contributed by atoms with van der Waals surface area (Å²) < 4.78 is 10.9. The molecule has 0 unspecified atom stereocenters. The van der Waals surface area contributed by atoms with Gasteiger partial charge in [-0.15, -0.1) is 0 Å². The van der Waals surface area contributed by atoms with Crippen LogP contribution in [-0.4, -0.2) is 32.6 Å². The van der Waals surface area contributed by atoms with E-state index in [4.69, 9.17) is 4.74 Å². The zero-order valence-electron chi connectivity index (χ0n) is 14.4. The van der Waals surface area contributed by atoms with Crippen LogP contribution in [0, 0.1) is 6.92 Å². The molecule has 0 aliphatic heterocycles. The Labute approximate surface area is 155 Å². The van der Waals surface area contributed by atoms with Crippen LogP contribution in [0.3, 0.4) is 0 Å². The minimum Gasteiger partial charge on any atom is -0.469 e. The summed E-state index contributed by atoms with van der Waals surface area (Å²) >= 11 is 3.51.